The van der Waals surface area contributed by atoms with Crippen LogP contribution in [0.1, 0.15) is 23.5 Å². The second-order valence-electron chi connectivity index (χ2n) is 6.56. The highest BCUT2D eigenvalue weighted by Gasteiger charge is 2.33. The van der Waals surface area contributed by atoms with Crippen LogP contribution < -0.4 is 5.32 Å². The van der Waals surface area contributed by atoms with Crippen LogP contribution >= 0.6 is 0 Å². The Hall–Kier alpha value is -2.86. The van der Waals surface area contributed by atoms with Crippen LogP contribution in [-0.2, 0) is 14.3 Å². The van der Waals surface area contributed by atoms with Crippen molar-refractivity contribution in [3.63, 3.8) is 0 Å². The van der Waals surface area contributed by atoms with Crippen molar-refractivity contribution in [3.8, 4) is 11.1 Å². The molecule has 6 nitrogen and oxygen atoms in total. The molecule has 0 saturated carbocycles. The van der Waals surface area contributed by atoms with Gasteiger partial charge >= 0.3 is 12.1 Å². The fourth-order valence-electron chi connectivity index (χ4n) is 3.71. The molecule has 0 aromatic heterocycles. The molecule has 1 amide bonds. The molecule has 1 aliphatic carbocycles. The number of aliphatic carboxylic acids is 1. The highest BCUT2D eigenvalue weighted by molar-refractivity contribution is 5.79. The van der Waals surface area contributed by atoms with Crippen molar-refractivity contribution in [3.05, 3.63) is 59.7 Å². The molecule has 0 unspecified atom stereocenters. The largest absolute Gasteiger partial charge is 0.479 e. The van der Waals surface area contributed by atoms with Crippen LogP contribution in [0, 0.1) is 0 Å². The van der Waals surface area contributed by atoms with Gasteiger partial charge in [0.25, 0.3) is 0 Å². The van der Waals surface area contributed by atoms with Crippen LogP contribution in [0.25, 0.3) is 11.1 Å². The van der Waals surface area contributed by atoms with E-state index in [1.54, 1.807) is 0 Å². The van der Waals surface area contributed by atoms with Gasteiger partial charge in [0.15, 0.2) is 6.10 Å². The molecule has 2 aliphatic rings. The summed E-state index contributed by atoms with van der Waals surface area (Å²) in [6.07, 6.45) is -1.17. The number of carbonyl (C=O) groups is 2. The normalized spacial score (nSPS) is 21.1. The van der Waals surface area contributed by atoms with Crippen LogP contribution in [0.3, 0.4) is 0 Å². The topological polar surface area (TPSA) is 84.9 Å². The Bertz CT molecular complexity index is 804. The van der Waals surface area contributed by atoms with E-state index in [1.807, 2.05) is 24.3 Å². The summed E-state index contributed by atoms with van der Waals surface area (Å²) < 4.78 is 10.6. The molecule has 2 aromatic rings. The zero-order chi connectivity index (χ0) is 18.1. The molecule has 134 valence electrons. The average molecular weight is 353 g/mol. The van der Waals surface area contributed by atoms with Gasteiger partial charge in [-0.1, -0.05) is 48.5 Å². The Morgan fingerprint density at radius 1 is 1.08 bits per heavy atom. The Kier molecular flexibility index (Phi) is 4.34. The molecule has 2 atom stereocenters. The number of hydrogen-bond donors (Lipinski definition) is 2. The minimum Gasteiger partial charge on any atom is -0.479 e. The van der Waals surface area contributed by atoms with E-state index in [0.29, 0.717) is 0 Å². The number of carboxylic acids is 1. The second-order valence-corrected chi connectivity index (χ2v) is 6.56. The van der Waals surface area contributed by atoms with Gasteiger partial charge in [-0.25, -0.2) is 9.59 Å². The zero-order valence-electron chi connectivity index (χ0n) is 14.1. The highest BCUT2D eigenvalue weighted by atomic mass is 16.6. The molecular weight excluding hydrogens is 334 g/mol. The molecular formula is C20H19NO5. The van der Waals surface area contributed by atoms with Crippen molar-refractivity contribution in [2.45, 2.75) is 24.5 Å². The van der Waals surface area contributed by atoms with E-state index < -0.39 is 18.2 Å². The van der Waals surface area contributed by atoms with Crippen molar-refractivity contribution in [1.82, 2.24) is 5.32 Å². The summed E-state index contributed by atoms with van der Waals surface area (Å²) in [7, 11) is 0. The van der Waals surface area contributed by atoms with E-state index in [1.165, 1.54) is 11.1 Å². The standard InChI is InChI=1S/C20H19NO5/c22-19(23)18-9-12(10-25-18)21-20(24)26-11-17-15-7-3-1-5-13(15)14-6-2-4-8-16(14)17/h1-8,12,17-18H,9-11H2,(H,21,24)(H,22,23)/t12-,18-/m1/s1. The van der Waals surface area contributed by atoms with E-state index in [2.05, 4.69) is 29.6 Å². The van der Waals surface area contributed by atoms with E-state index >= 15 is 0 Å². The Labute approximate surface area is 150 Å². The van der Waals surface area contributed by atoms with E-state index in [-0.39, 0.29) is 31.6 Å². The third-order valence-electron chi connectivity index (χ3n) is 4.94. The lowest BCUT2D eigenvalue weighted by Gasteiger charge is -2.16. The number of fused-ring (bicyclic) bond motifs is 3. The molecule has 0 radical (unpaired) electrons. The molecule has 1 saturated heterocycles. The van der Waals surface area contributed by atoms with Crippen LogP contribution in [0.2, 0.25) is 0 Å². The quantitative estimate of drug-likeness (QED) is 0.883. The van der Waals surface area contributed by atoms with Crippen molar-refractivity contribution >= 4 is 12.1 Å². The lowest BCUT2D eigenvalue weighted by molar-refractivity contribution is -0.147. The summed E-state index contributed by atoms with van der Waals surface area (Å²) in [5.74, 6) is -1.01. The maximum atomic E-state index is 12.1. The summed E-state index contributed by atoms with van der Waals surface area (Å²) in [5.41, 5.74) is 4.64. The monoisotopic (exact) mass is 353 g/mol. The number of rotatable bonds is 4. The van der Waals surface area contributed by atoms with Crippen LogP contribution in [-0.4, -0.2) is 42.5 Å². The van der Waals surface area contributed by atoms with Gasteiger partial charge in [-0.2, -0.15) is 0 Å². The second kappa shape index (κ2) is 6.80. The number of amides is 1. The van der Waals surface area contributed by atoms with Crippen LogP contribution in [0.15, 0.2) is 48.5 Å². The first-order valence-corrected chi connectivity index (χ1v) is 8.59. The van der Waals surface area contributed by atoms with Crippen molar-refractivity contribution in [2.75, 3.05) is 13.2 Å². The third-order valence-corrected chi connectivity index (χ3v) is 4.94. The van der Waals surface area contributed by atoms with E-state index in [9.17, 15) is 9.59 Å². The summed E-state index contributed by atoms with van der Waals surface area (Å²) >= 11 is 0. The Morgan fingerprint density at radius 3 is 2.27 bits per heavy atom. The molecule has 6 heteroatoms. The number of carbonyl (C=O) groups excluding carboxylic acids is 1. The number of carboxylic acid groups (broad SMARTS) is 1. The minimum absolute atomic E-state index is 0.000235. The van der Waals surface area contributed by atoms with E-state index in [4.69, 9.17) is 14.6 Å². The van der Waals surface area contributed by atoms with Crippen molar-refractivity contribution in [2.24, 2.45) is 0 Å². The predicted octanol–water partition coefficient (Wildman–Crippen LogP) is 2.77. The lowest BCUT2D eigenvalue weighted by Crippen LogP contribution is -2.36. The SMILES string of the molecule is O=C(N[C@H]1CO[C@@H](C(=O)O)C1)OCC1c2ccccc2-c2ccccc21. The number of nitrogens with one attached hydrogen (secondary N) is 1. The van der Waals surface area contributed by atoms with Gasteiger partial charge in [-0.15, -0.1) is 0 Å². The van der Waals surface area contributed by atoms with E-state index in [0.717, 1.165) is 11.1 Å². The number of hydrogen-bond acceptors (Lipinski definition) is 4. The summed E-state index contributed by atoms with van der Waals surface area (Å²) in [6.45, 7) is 0.414. The summed E-state index contributed by atoms with van der Waals surface area (Å²) in [6, 6.07) is 15.9. The van der Waals surface area contributed by atoms with Gasteiger partial charge in [-0.3, -0.25) is 0 Å². The number of alkyl carbamates (subject to hydrolysis) is 1. The Balaban J connectivity index is 1.41. The molecule has 0 spiro atoms. The third kappa shape index (κ3) is 3.04. The van der Waals surface area contributed by atoms with Crippen LogP contribution in [0.5, 0.6) is 0 Å². The van der Waals surface area contributed by atoms with Crippen molar-refractivity contribution < 1.29 is 24.2 Å². The lowest BCUT2D eigenvalue weighted by atomic mass is 9.98. The summed E-state index contributed by atoms with van der Waals surface area (Å²) in [5, 5.41) is 11.6. The van der Waals surface area contributed by atoms with Gasteiger partial charge in [-0.05, 0) is 22.3 Å². The molecule has 2 N–H and O–H groups in total. The first-order valence-electron chi connectivity index (χ1n) is 8.59. The fraction of sp³-hybridized carbons (Fsp3) is 0.300. The van der Waals surface area contributed by atoms with Gasteiger partial charge < -0.3 is 19.9 Å². The smallest absolute Gasteiger partial charge is 0.407 e. The minimum atomic E-state index is -1.01. The zero-order valence-corrected chi connectivity index (χ0v) is 14.1. The predicted molar refractivity (Wildman–Crippen MR) is 94.0 cm³/mol. The number of benzene rings is 2. The molecule has 1 heterocycles. The maximum Gasteiger partial charge on any atom is 0.407 e. The molecule has 0 bridgehead atoms. The van der Waals surface area contributed by atoms with Gasteiger partial charge in [0, 0.05) is 12.3 Å². The van der Waals surface area contributed by atoms with Gasteiger partial charge in [0.05, 0.1) is 12.6 Å². The first-order chi connectivity index (χ1) is 12.6. The van der Waals surface area contributed by atoms with Crippen molar-refractivity contribution in [1.29, 1.82) is 0 Å². The first kappa shape index (κ1) is 16.6. The average Bonchev–Trinajstić information content (AvgIpc) is 3.23. The summed E-state index contributed by atoms with van der Waals surface area (Å²) in [4.78, 5) is 23.0. The molecule has 4 rings (SSSR count). The van der Waals surface area contributed by atoms with Gasteiger partial charge in [0.2, 0.25) is 0 Å². The number of ether oxygens (including phenoxy) is 2. The highest BCUT2D eigenvalue weighted by Crippen LogP contribution is 2.44. The molecule has 1 aliphatic heterocycles. The fourth-order valence-corrected chi connectivity index (χ4v) is 3.71. The molecule has 26 heavy (non-hydrogen) atoms. The maximum absolute atomic E-state index is 12.1. The molecule has 2 aromatic carbocycles. The van der Waals surface area contributed by atoms with Gasteiger partial charge in [0.1, 0.15) is 6.61 Å². The molecule has 1 fully saturated rings. The Morgan fingerprint density at radius 2 is 1.69 bits per heavy atom. The van der Waals surface area contributed by atoms with Crippen LogP contribution in [0.4, 0.5) is 4.79 Å².